The second-order valence-corrected chi connectivity index (χ2v) is 5.26. The van der Waals surface area contributed by atoms with E-state index < -0.39 is 23.0 Å². The number of nitrogens with two attached hydrogens (primary N) is 1. The maximum absolute atomic E-state index is 13.0. The normalized spacial score (nSPS) is 16.8. The fourth-order valence-corrected chi connectivity index (χ4v) is 2.18. The Kier molecular flexibility index (Phi) is 3.54. The number of nitrogens with zero attached hydrogens (tertiary/aromatic N) is 2. The third-order valence-corrected chi connectivity index (χ3v) is 3.69. The molecule has 0 unspecified atom stereocenters. The van der Waals surface area contributed by atoms with Gasteiger partial charge in [-0.2, -0.15) is 13.2 Å². The molecule has 0 spiro atoms. The zero-order chi connectivity index (χ0) is 16.0. The van der Waals surface area contributed by atoms with Gasteiger partial charge >= 0.3 is 11.9 Å². The van der Waals surface area contributed by atoms with Crippen molar-refractivity contribution in [2.45, 2.75) is 44.4 Å². The minimum Gasteiger partial charge on any atom is -0.383 e. The maximum atomic E-state index is 13.0. The number of alkyl halides is 3. The Labute approximate surface area is 118 Å². The van der Waals surface area contributed by atoms with Crippen LogP contribution < -0.4 is 22.3 Å². The van der Waals surface area contributed by atoms with Gasteiger partial charge < -0.3 is 11.1 Å². The van der Waals surface area contributed by atoms with E-state index >= 15 is 0 Å². The fraction of sp³-hybridized carbons (Fsp3) is 0.667. The molecule has 1 aliphatic rings. The number of rotatable bonds is 4. The predicted molar refractivity (Wildman–Crippen MR) is 72.3 cm³/mol. The molecular formula is C12H17F3N4O2. The van der Waals surface area contributed by atoms with Crippen molar-refractivity contribution in [1.82, 2.24) is 9.13 Å². The smallest absolute Gasteiger partial charge is 0.383 e. The van der Waals surface area contributed by atoms with Crippen LogP contribution in [0, 0.1) is 0 Å². The van der Waals surface area contributed by atoms with E-state index in [-0.39, 0.29) is 30.9 Å². The largest absolute Gasteiger partial charge is 0.411 e. The molecule has 9 heteroatoms. The lowest BCUT2D eigenvalue weighted by atomic mass is 10.2. The molecule has 0 bridgehead atoms. The first-order valence-corrected chi connectivity index (χ1v) is 6.59. The molecule has 1 aliphatic carbocycles. The Bertz CT molecular complexity index is 671. The molecule has 21 heavy (non-hydrogen) atoms. The van der Waals surface area contributed by atoms with Crippen LogP contribution in [-0.4, -0.2) is 20.8 Å². The Balaban J connectivity index is 2.55. The molecule has 1 aromatic rings. The molecule has 118 valence electrons. The average Bonchev–Trinajstić information content (AvgIpc) is 3.18. The molecule has 1 heterocycles. The number of nitrogen functional groups attached to an aromatic ring is 1. The highest BCUT2D eigenvalue weighted by molar-refractivity contribution is 5.63. The van der Waals surface area contributed by atoms with E-state index in [9.17, 15) is 22.8 Å². The van der Waals surface area contributed by atoms with Crippen molar-refractivity contribution in [2.24, 2.45) is 7.05 Å². The van der Waals surface area contributed by atoms with E-state index in [1.165, 1.54) is 7.05 Å². The second-order valence-electron chi connectivity index (χ2n) is 5.26. The Morgan fingerprint density at radius 3 is 2.33 bits per heavy atom. The van der Waals surface area contributed by atoms with Crippen LogP contribution in [0.15, 0.2) is 9.59 Å². The summed E-state index contributed by atoms with van der Waals surface area (Å²) in [4.78, 5) is 24.0. The third-order valence-electron chi connectivity index (χ3n) is 3.69. The Hall–Kier alpha value is -1.93. The lowest BCUT2D eigenvalue weighted by Gasteiger charge is -2.23. The van der Waals surface area contributed by atoms with Gasteiger partial charge in [-0.15, -0.1) is 0 Å². The lowest BCUT2D eigenvalue weighted by molar-refractivity contribution is -0.151. The number of hydrogen-bond donors (Lipinski definition) is 2. The van der Waals surface area contributed by atoms with Crippen LogP contribution in [0.25, 0.3) is 0 Å². The number of aromatic nitrogens is 2. The van der Waals surface area contributed by atoms with E-state index in [0.29, 0.717) is 6.42 Å². The minimum absolute atomic E-state index is 0.119. The predicted octanol–water partition coefficient (Wildman–Crippen LogP) is 1.05. The molecule has 6 nitrogen and oxygen atoms in total. The molecule has 1 aromatic heterocycles. The molecule has 1 saturated carbocycles. The fourth-order valence-electron chi connectivity index (χ4n) is 2.18. The average molecular weight is 306 g/mol. The van der Waals surface area contributed by atoms with E-state index in [1.54, 1.807) is 6.92 Å². The van der Waals surface area contributed by atoms with E-state index in [2.05, 4.69) is 5.32 Å². The van der Waals surface area contributed by atoms with Gasteiger partial charge in [-0.1, -0.05) is 6.92 Å². The topological polar surface area (TPSA) is 82.0 Å². The van der Waals surface area contributed by atoms with Gasteiger partial charge in [0.15, 0.2) is 0 Å². The molecule has 0 saturated heterocycles. The standard InChI is InChI=1S/C12H17F3N4O2/c1-3-6-19-8(16)7(9(20)18(2)10(19)21)17-11(4-5-11)12(13,14)15/h17H,3-6,16H2,1-2H3. The second kappa shape index (κ2) is 4.81. The van der Waals surface area contributed by atoms with Gasteiger partial charge in [0, 0.05) is 13.6 Å². The summed E-state index contributed by atoms with van der Waals surface area (Å²) in [7, 11) is 1.22. The Morgan fingerprint density at radius 2 is 1.90 bits per heavy atom. The van der Waals surface area contributed by atoms with Gasteiger partial charge in [-0.05, 0) is 19.3 Å². The quantitative estimate of drug-likeness (QED) is 0.871. The summed E-state index contributed by atoms with van der Waals surface area (Å²) in [5.41, 5.74) is 1.78. The van der Waals surface area contributed by atoms with E-state index in [4.69, 9.17) is 5.73 Å². The van der Waals surface area contributed by atoms with E-state index in [1.807, 2.05) is 0 Å². The monoisotopic (exact) mass is 306 g/mol. The van der Waals surface area contributed by atoms with Crippen molar-refractivity contribution in [3.63, 3.8) is 0 Å². The molecular weight excluding hydrogens is 289 g/mol. The van der Waals surface area contributed by atoms with Gasteiger partial charge in [-0.3, -0.25) is 13.9 Å². The van der Waals surface area contributed by atoms with Crippen molar-refractivity contribution in [3.05, 3.63) is 20.8 Å². The SMILES string of the molecule is CCCn1c(N)c(NC2(C(F)(F)F)CC2)c(=O)n(C)c1=O. The van der Waals surface area contributed by atoms with Crippen LogP contribution in [0.3, 0.4) is 0 Å². The number of halogens is 3. The minimum atomic E-state index is -4.48. The van der Waals surface area contributed by atoms with Crippen LogP contribution in [0.1, 0.15) is 26.2 Å². The molecule has 3 N–H and O–H groups in total. The lowest BCUT2D eigenvalue weighted by Crippen LogP contribution is -2.45. The zero-order valence-corrected chi connectivity index (χ0v) is 11.8. The van der Waals surface area contributed by atoms with Gasteiger partial charge in [0.2, 0.25) is 0 Å². The molecule has 0 amide bonds. The molecule has 2 rings (SSSR count). The zero-order valence-electron chi connectivity index (χ0n) is 11.8. The maximum Gasteiger partial charge on any atom is 0.411 e. The van der Waals surface area contributed by atoms with Crippen LogP contribution in [0.4, 0.5) is 24.7 Å². The van der Waals surface area contributed by atoms with Crippen molar-refractivity contribution in [1.29, 1.82) is 0 Å². The molecule has 0 atom stereocenters. The number of hydrogen-bond acceptors (Lipinski definition) is 4. The highest BCUT2D eigenvalue weighted by Crippen LogP contribution is 2.51. The molecule has 0 aromatic carbocycles. The highest BCUT2D eigenvalue weighted by atomic mass is 19.4. The van der Waals surface area contributed by atoms with Crippen molar-refractivity contribution >= 4 is 11.5 Å². The van der Waals surface area contributed by atoms with Gasteiger partial charge in [-0.25, -0.2) is 4.79 Å². The molecule has 0 aliphatic heterocycles. The van der Waals surface area contributed by atoms with Crippen molar-refractivity contribution < 1.29 is 13.2 Å². The van der Waals surface area contributed by atoms with Crippen LogP contribution >= 0.6 is 0 Å². The van der Waals surface area contributed by atoms with Crippen molar-refractivity contribution in [3.8, 4) is 0 Å². The van der Waals surface area contributed by atoms with E-state index in [0.717, 1.165) is 9.13 Å². The van der Waals surface area contributed by atoms with Gasteiger partial charge in [0.05, 0.1) is 0 Å². The first kappa shape index (κ1) is 15.5. The number of anilines is 2. The van der Waals surface area contributed by atoms with Gasteiger partial charge in [0.25, 0.3) is 5.56 Å². The first-order chi connectivity index (χ1) is 9.64. The summed E-state index contributed by atoms with van der Waals surface area (Å²) in [6, 6.07) is 0. The van der Waals surface area contributed by atoms with Gasteiger partial charge in [0.1, 0.15) is 17.0 Å². The number of nitrogens with one attached hydrogen (secondary N) is 1. The summed E-state index contributed by atoms with van der Waals surface area (Å²) in [6.45, 7) is 2.02. The third kappa shape index (κ3) is 2.40. The molecule has 1 fully saturated rings. The molecule has 0 radical (unpaired) electrons. The summed E-state index contributed by atoms with van der Waals surface area (Å²) in [5.74, 6) is -0.250. The van der Waals surface area contributed by atoms with Crippen LogP contribution in [0.2, 0.25) is 0 Å². The Morgan fingerprint density at radius 1 is 1.33 bits per heavy atom. The summed E-state index contributed by atoms with van der Waals surface area (Å²) >= 11 is 0. The van der Waals surface area contributed by atoms with Crippen LogP contribution in [-0.2, 0) is 13.6 Å². The van der Waals surface area contributed by atoms with Crippen LogP contribution in [0.5, 0.6) is 0 Å². The summed E-state index contributed by atoms with van der Waals surface area (Å²) < 4.78 is 40.9. The first-order valence-electron chi connectivity index (χ1n) is 6.59. The summed E-state index contributed by atoms with van der Waals surface area (Å²) in [6.07, 6.45) is -4.15. The van der Waals surface area contributed by atoms with Crippen molar-refractivity contribution in [2.75, 3.05) is 11.1 Å². The summed E-state index contributed by atoms with van der Waals surface area (Å²) in [5, 5.41) is 2.23. The highest BCUT2D eigenvalue weighted by Gasteiger charge is 2.64.